The number of rotatable bonds is 8. The van der Waals surface area contributed by atoms with Crippen LogP contribution in [-0.4, -0.2) is 53.0 Å². The van der Waals surface area contributed by atoms with E-state index in [9.17, 15) is 18.7 Å². The average molecular weight is 346 g/mol. The van der Waals surface area contributed by atoms with E-state index in [0.29, 0.717) is 0 Å². The Labute approximate surface area is 119 Å². The Morgan fingerprint density at radius 3 is 1.48 bits per heavy atom. The number of allylic oxidation sites excluding steroid dienone is 2. The van der Waals surface area contributed by atoms with Crippen LogP contribution in [0.25, 0.3) is 0 Å². The van der Waals surface area contributed by atoms with Crippen LogP contribution in [0.3, 0.4) is 0 Å². The number of aliphatic carboxylic acids is 2. The highest BCUT2D eigenvalue weighted by atomic mass is 31.2. The molecule has 6 N–H and O–H groups in total. The van der Waals surface area contributed by atoms with Gasteiger partial charge in [-0.1, -0.05) is 12.2 Å². The molecule has 0 radical (unpaired) electrons. The second-order valence-electron chi connectivity index (χ2n) is 4.21. The molecule has 0 saturated carbocycles. The summed E-state index contributed by atoms with van der Waals surface area (Å²) in [4.78, 5) is 58.4. The smallest absolute Gasteiger partial charge is 0.340 e. The minimum atomic E-state index is -5.33. The van der Waals surface area contributed by atoms with Gasteiger partial charge in [-0.25, -0.2) is 0 Å². The van der Waals surface area contributed by atoms with Gasteiger partial charge in [0.05, 0.1) is 0 Å². The normalized spacial score (nSPS) is 17.4. The predicted molar refractivity (Wildman–Crippen MR) is 69.9 cm³/mol. The van der Waals surface area contributed by atoms with Crippen molar-refractivity contribution in [2.45, 2.75) is 24.7 Å². The Morgan fingerprint density at radius 2 is 1.29 bits per heavy atom. The highest BCUT2D eigenvalue weighted by Crippen LogP contribution is 2.54. The Bertz CT molecular complexity index is 475. The van der Waals surface area contributed by atoms with Gasteiger partial charge in [0, 0.05) is 5.92 Å². The molecule has 0 saturated heterocycles. The molecule has 0 aromatic heterocycles. The van der Waals surface area contributed by atoms with Crippen LogP contribution in [-0.2, 0) is 18.7 Å². The van der Waals surface area contributed by atoms with Gasteiger partial charge in [-0.3, -0.25) is 18.7 Å². The maximum atomic E-state index is 11.3. The summed E-state index contributed by atoms with van der Waals surface area (Å²) in [6.07, 6.45) is 1.99. The summed E-state index contributed by atoms with van der Waals surface area (Å²) in [5, 5.41) is 17.8. The first kappa shape index (κ1) is 20.0. The summed E-state index contributed by atoms with van der Waals surface area (Å²) in [7, 11) is -10.7. The minimum Gasteiger partial charge on any atom is -0.481 e. The maximum Gasteiger partial charge on any atom is 0.340 e. The highest BCUT2D eigenvalue weighted by molar-refractivity contribution is 7.55. The lowest BCUT2D eigenvalue weighted by molar-refractivity contribution is -0.140. The lowest BCUT2D eigenvalue weighted by Gasteiger charge is -2.29. The summed E-state index contributed by atoms with van der Waals surface area (Å²) >= 11 is 0. The van der Waals surface area contributed by atoms with E-state index < -0.39 is 50.8 Å². The van der Waals surface area contributed by atoms with Gasteiger partial charge in [0.1, 0.15) is 0 Å². The Hall–Kier alpha value is -1.02. The van der Waals surface area contributed by atoms with E-state index in [4.69, 9.17) is 29.8 Å². The second kappa shape index (κ2) is 7.31. The van der Waals surface area contributed by atoms with Crippen molar-refractivity contribution in [2.24, 2.45) is 5.92 Å². The SMILES string of the molecule is CC=CCC(C(C(=O)O)P(=O)(O)O)C(C(=O)O)P(=O)(O)O. The van der Waals surface area contributed by atoms with Crippen molar-refractivity contribution >= 4 is 27.1 Å². The molecule has 0 amide bonds. The fraction of sp³-hybridized carbons (Fsp3) is 0.556. The highest BCUT2D eigenvalue weighted by Gasteiger charge is 2.53. The molecule has 0 aliphatic rings. The molecule has 12 heteroatoms. The van der Waals surface area contributed by atoms with Crippen LogP contribution in [0.2, 0.25) is 0 Å². The van der Waals surface area contributed by atoms with E-state index in [-0.39, 0.29) is 0 Å². The van der Waals surface area contributed by atoms with Crippen molar-refractivity contribution in [3.05, 3.63) is 12.2 Å². The molecular formula is C9H16O10P2. The van der Waals surface area contributed by atoms with E-state index in [1.165, 1.54) is 19.1 Å². The first-order valence-electron chi connectivity index (χ1n) is 5.51. The maximum absolute atomic E-state index is 11.3. The number of carboxylic acid groups (broad SMARTS) is 2. The van der Waals surface area contributed by atoms with Crippen LogP contribution in [0.5, 0.6) is 0 Å². The van der Waals surface area contributed by atoms with Crippen LogP contribution in [0.1, 0.15) is 13.3 Å². The topological polar surface area (TPSA) is 190 Å². The van der Waals surface area contributed by atoms with Crippen LogP contribution < -0.4 is 0 Å². The van der Waals surface area contributed by atoms with Crippen molar-refractivity contribution in [1.29, 1.82) is 0 Å². The molecule has 0 bridgehead atoms. The molecule has 0 fully saturated rings. The summed E-state index contributed by atoms with van der Waals surface area (Å²) < 4.78 is 22.6. The summed E-state index contributed by atoms with van der Waals surface area (Å²) in [6.45, 7) is 1.47. The lowest BCUT2D eigenvalue weighted by Crippen LogP contribution is -2.41. The second-order valence-corrected chi connectivity index (χ2v) is 7.68. The Morgan fingerprint density at radius 1 is 0.952 bits per heavy atom. The molecule has 2 unspecified atom stereocenters. The van der Waals surface area contributed by atoms with E-state index in [0.717, 1.165) is 0 Å². The predicted octanol–water partition coefficient (Wildman–Crippen LogP) is -0.169. The molecule has 2 atom stereocenters. The molecule has 0 rings (SSSR count). The average Bonchev–Trinajstić information content (AvgIpc) is 2.20. The van der Waals surface area contributed by atoms with Gasteiger partial charge in [0.15, 0.2) is 11.3 Å². The summed E-state index contributed by atoms with van der Waals surface area (Å²) in [5.74, 6) is -6.03. The van der Waals surface area contributed by atoms with Crippen molar-refractivity contribution in [3.8, 4) is 0 Å². The third-order valence-electron chi connectivity index (χ3n) is 2.69. The number of carboxylic acids is 2. The first-order valence-corrected chi connectivity index (χ1v) is 8.87. The molecule has 0 aromatic carbocycles. The molecular weight excluding hydrogens is 330 g/mol. The minimum absolute atomic E-state index is 0.527. The largest absolute Gasteiger partial charge is 0.481 e. The van der Waals surface area contributed by atoms with Crippen LogP contribution in [0, 0.1) is 5.92 Å². The summed E-state index contributed by atoms with van der Waals surface area (Å²) in [6, 6.07) is 0. The molecule has 0 aliphatic carbocycles. The number of hydrogen-bond acceptors (Lipinski definition) is 4. The third kappa shape index (κ3) is 5.70. The van der Waals surface area contributed by atoms with Gasteiger partial charge in [-0.15, -0.1) is 0 Å². The first-order chi connectivity index (χ1) is 9.34. The third-order valence-corrected chi connectivity index (χ3v) is 5.34. The molecule has 0 spiro atoms. The zero-order valence-corrected chi connectivity index (χ0v) is 12.6. The standard InChI is InChI=1S/C9H16O10P2/c1-2-3-4-5(6(8(10)11)20(14,15)16)7(9(12)13)21(17,18)19/h2-3,5-7H,4H2,1H3,(H,10,11)(H,12,13)(H2,14,15,16)(H2,17,18,19). The van der Waals surface area contributed by atoms with Gasteiger partial charge in [0.25, 0.3) is 0 Å². The van der Waals surface area contributed by atoms with Gasteiger partial charge < -0.3 is 29.8 Å². The van der Waals surface area contributed by atoms with Gasteiger partial charge in [0.2, 0.25) is 0 Å². The van der Waals surface area contributed by atoms with Crippen molar-refractivity contribution in [1.82, 2.24) is 0 Å². The quantitative estimate of drug-likeness (QED) is 0.254. The van der Waals surface area contributed by atoms with Gasteiger partial charge in [-0.05, 0) is 13.3 Å². The Balaban J connectivity index is 6.06. The molecule has 0 aliphatic heterocycles. The fourth-order valence-electron chi connectivity index (χ4n) is 1.88. The van der Waals surface area contributed by atoms with Gasteiger partial charge >= 0.3 is 27.1 Å². The van der Waals surface area contributed by atoms with Crippen molar-refractivity contribution < 1.29 is 48.5 Å². The van der Waals surface area contributed by atoms with Crippen molar-refractivity contribution in [3.63, 3.8) is 0 Å². The molecule has 21 heavy (non-hydrogen) atoms. The fourth-order valence-corrected chi connectivity index (χ4v) is 4.17. The van der Waals surface area contributed by atoms with Crippen molar-refractivity contribution in [2.75, 3.05) is 0 Å². The van der Waals surface area contributed by atoms with E-state index in [1.54, 1.807) is 0 Å². The van der Waals surface area contributed by atoms with E-state index in [1.807, 2.05) is 0 Å². The molecule has 10 nitrogen and oxygen atoms in total. The van der Waals surface area contributed by atoms with Crippen LogP contribution in [0.4, 0.5) is 0 Å². The zero-order chi connectivity index (χ0) is 17.0. The van der Waals surface area contributed by atoms with Gasteiger partial charge in [-0.2, -0.15) is 0 Å². The molecule has 0 heterocycles. The van der Waals surface area contributed by atoms with Crippen LogP contribution >= 0.6 is 15.2 Å². The summed E-state index contributed by atoms with van der Waals surface area (Å²) in [5.41, 5.74) is -5.08. The number of hydrogen-bond donors (Lipinski definition) is 6. The van der Waals surface area contributed by atoms with E-state index >= 15 is 0 Å². The molecule has 122 valence electrons. The number of carbonyl (C=O) groups is 2. The Kier molecular flexibility index (Phi) is 6.95. The van der Waals surface area contributed by atoms with Crippen LogP contribution in [0.15, 0.2) is 12.2 Å². The zero-order valence-electron chi connectivity index (χ0n) is 10.8. The van der Waals surface area contributed by atoms with E-state index in [2.05, 4.69) is 0 Å². The lowest BCUT2D eigenvalue weighted by atomic mass is 9.96. The monoisotopic (exact) mass is 346 g/mol. The molecule has 0 aromatic rings.